The Bertz CT molecular complexity index is 594. The van der Waals surface area contributed by atoms with Crippen LogP contribution in [0, 0.1) is 0 Å². The molecule has 19 heavy (non-hydrogen) atoms. The van der Waals surface area contributed by atoms with Gasteiger partial charge in [0.05, 0.1) is 18.5 Å². The van der Waals surface area contributed by atoms with Crippen LogP contribution in [0.15, 0.2) is 35.7 Å². The molecule has 0 saturated carbocycles. The number of rotatable bonds is 3. The zero-order chi connectivity index (χ0) is 13.3. The van der Waals surface area contributed by atoms with Crippen molar-refractivity contribution in [2.75, 3.05) is 18.9 Å². The van der Waals surface area contributed by atoms with E-state index < -0.39 is 9.84 Å². The monoisotopic (exact) mass is 279 g/mol. The summed E-state index contributed by atoms with van der Waals surface area (Å²) in [6, 6.07) is 8.18. The highest BCUT2D eigenvalue weighted by molar-refractivity contribution is 7.94. The van der Waals surface area contributed by atoms with Crippen molar-refractivity contribution in [2.45, 2.75) is 18.6 Å². The molecule has 1 aromatic carbocycles. The third-order valence-electron chi connectivity index (χ3n) is 3.59. The van der Waals surface area contributed by atoms with Crippen LogP contribution in [0.2, 0.25) is 0 Å². The van der Waals surface area contributed by atoms with Crippen LogP contribution in [-0.2, 0) is 21.0 Å². The Balaban J connectivity index is 1.65. The fourth-order valence-corrected chi connectivity index (χ4v) is 3.88. The van der Waals surface area contributed by atoms with Gasteiger partial charge in [-0.05, 0) is 17.5 Å². The molecule has 0 radical (unpaired) electrons. The molecule has 0 saturated heterocycles. The molecule has 1 aromatic rings. The van der Waals surface area contributed by atoms with Crippen molar-refractivity contribution >= 4 is 9.84 Å². The van der Waals surface area contributed by atoms with Gasteiger partial charge in [-0.2, -0.15) is 0 Å². The Kier molecular flexibility index (Phi) is 3.43. The number of sulfone groups is 1. The molecule has 2 heterocycles. The van der Waals surface area contributed by atoms with Crippen molar-refractivity contribution in [3.63, 3.8) is 0 Å². The van der Waals surface area contributed by atoms with E-state index in [4.69, 9.17) is 4.74 Å². The standard InChI is InChI=1S/C14H17NO3S/c16-19(17)8-6-12(10-19)15-9-14-13-4-2-1-3-11(13)5-7-18-14/h1-4,6,8,12,14-15H,5,7,9-10H2. The molecule has 4 nitrogen and oxygen atoms in total. The van der Waals surface area contributed by atoms with Gasteiger partial charge in [0.15, 0.2) is 9.84 Å². The SMILES string of the molecule is O=S1(=O)C=CC(NCC2OCCc3ccccc32)C1. The first-order valence-electron chi connectivity index (χ1n) is 6.48. The van der Waals surface area contributed by atoms with Crippen LogP contribution in [0.5, 0.6) is 0 Å². The third kappa shape index (κ3) is 2.88. The van der Waals surface area contributed by atoms with E-state index in [-0.39, 0.29) is 17.9 Å². The smallest absolute Gasteiger partial charge is 0.173 e. The fraction of sp³-hybridized carbons (Fsp3) is 0.429. The summed E-state index contributed by atoms with van der Waals surface area (Å²) in [4.78, 5) is 0. The Hall–Kier alpha value is -1.17. The molecule has 2 aliphatic heterocycles. The summed E-state index contributed by atoms with van der Waals surface area (Å²) in [6.07, 6.45) is 2.68. The zero-order valence-electron chi connectivity index (χ0n) is 10.6. The van der Waals surface area contributed by atoms with Crippen LogP contribution in [0.4, 0.5) is 0 Å². The van der Waals surface area contributed by atoms with Gasteiger partial charge in [0, 0.05) is 18.0 Å². The Morgan fingerprint density at radius 3 is 2.95 bits per heavy atom. The Morgan fingerprint density at radius 1 is 1.32 bits per heavy atom. The van der Waals surface area contributed by atoms with Gasteiger partial charge in [-0.15, -0.1) is 0 Å². The molecule has 0 amide bonds. The number of fused-ring (bicyclic) bond motifs is 1. The summed E-state index contributed by atoms with van der Waals surface area (Å²) < 4.78 is 28.4. The maximum Gasteiger partial charge on any atom is 0.173 e. The quantitative estimate of drug-likeness (QED) is 0.903. The molecular weight excluding hydrogens is 262 g/mol. The lowest BCUT2D eigenvalue weighted by atomic mass is 9.97. The van der Waals surface area contributed by atoms with Gasteiger partial charge in [0.25, 0.3) is 0 Å². The number of ether oxygens (including phenoxy) is 1. The molecule has 0 aromatic heterocycles. The molecule has 0 aliphatic carbocycles. The first-order chi connectivity index (χ1) is 9.14. The van der Waals surface area contributed by atoms with Crippen molar-refractivity contribution in [3.05, 3.63) is 46.9 Å². The van der Waals surface area contributed by atoms with E-state index in [1.54, 1.807) is 6.08 Å². The van der Waals surface area contributed by atoms with E-state index in [1.165, 1.54) is 16.5 Å². The number of hydrogen-bond donors (Lipinski definition) is 1. The molecule has 0 bridgehead atoms. The predicted molar refractivity (Wildman–Crippen MR) is 73.6 cm³/mol. The van der Waals surface area contributed by atoms with Crippen LogP contribution < -0.4 is 5.32 Å². The number of hydrogen-bond acceptors (Lipinski definition) is 4. The van der Waals surface area contributed by atoms with Crippen molar-refractivity contribution in [1.29, 1.82) is 0 Å². The summed E-state index contributed by atoms with van der Waals surface area (Å²) in [5.74, 6) is 0.154. The van der Waals surface area contributed by atoms with Crippen LogP contribution in [0.1, 0.15) is 17.2 Å². The van der Waals surface area contributed by atoms with Crippen molar-refractivity contribution < 1.29 is 13.2 Å². The zero-order valence-corrected chi connectivity index (χ0v) is 11.4. The van der Waals surface area contributed by atoms with Gasteiger partial charge >= 0.3 is 0 Å². The molecule has 5 heteroatoms. The minimum atomic E-state index is -2.99. The minimum Gasteiger partial charge on any atom is -0.372 e. The molecule has 1 N–H and O–H groups in total. The summed E-state index contributed by atoms with van der Waals surface area (Å²) in [5.41, 5.74) is 2.54. The van der Waals surface area contributed by atoms with E-state index in [0.29, 0.717) is 6.54 Å². The maximum absolute atomic E-state index is 11.3. The predicted octanol–water partition coefficient (Wildman–Crippen LogP) is 1.20. The van der Waals surface area contributed by atoms with Crippen molar-refractivity contribution in [2.24, 2.45) is 0 Å². The molecule has 2 aliphatic rings. The molecule has 0 spiro atoms. The highest BCUT2D eigenvalue weighted by atomic mass is 32.2. The summed E-state index contributed by atoms with van der Waals surface area (Å²) in [5, 5.41) is 4.55. The lowest BCUT2D eigenvalue weighted by molar-refractivity contribution is 0.0419. The Labute approximate surface area is 113 Å². The largest absolute Gasteiger partial charge is 0.372 e. The summed E-state index contributed by atoms with van der Waals surface area (Å²) in [6.45, 7) is 1.36. The first-order valence-corrected chi connectivity index (χ1v) is 8.19. The molecule has 2 atom stereocenters. The van der Waals surface area contributed by atoms with Gasteiger partial charge in [-0.3, -0.25) is 0 Å². The molecular formula is C14H17NO3S. The average Bonchev–Trinajstić information content (AvgIpc) is 2.76. The van der Waals surface area contributed by atoms with Crippen LogP contribution in [0.25, 0.3) is 0 Å². The van der Waals surface area contributed by atoms with Gasteiger partial charge in [-0.1, -0.05) is 30.3 Å². The number of nitrogens with one attached hydrogen (secondary N) is 1. The lowest BCUT2D eigenvalue weighted by Crippen LogP contribution is -2.35. The van der Waals surface area contributed by atoms with Crippen molar-refractivity contribution in [3.8, 4) is 0 Å². The average molecular weight is 279 g/mol. The van der Waals surface area contributed by atoms with E-state index >= 15 is 0 Å². The van der Waals surface area contributed by atoms with E-state index in [1.807, 2.05) is 12.1 Å². The molecule has 102 valence electrons. The topological polar surface area (TPSA) is 55.4 Å². The second kappa shape index (κ2) is 5.07. The number of benzene rings is 1. The summed E-state index contributed by atoms with van der Waals surface area (Å²) >= 11 is 0. The minimum absolute atomic E-state index is 0.0154. The van der Waals surface area contributed by atoms with E-state index in [0.717, 1.165) is 13.0 Å². The van der Waals surface area contributed by atoms with E-state index in [9.17, 15) is 8.42 Å². The van der Waals surface area contributed by atoms with Gasteiger partial charge in [0.2, 0.25) is 0 Å². The first kappa shape index (κ1) is 12.8. The van der Waals surface area contributed by atoms with E-state index in [2.05, 4.69) is 17.4 Å². The molecule has 0 fully saturated rings. The lowest BCUT2D eigenvalue weighted by Gasteiger charge is -2.27. The van der Waals surface area contributed by atoms with Crippen LogP contribution >= 0.6 is 0 Å². The third-order valence-corrected chi connectivity index (χ3v) is 4.98. The van der Waals surface area contributed by atoms with Crippen molar-refractivity contribution in [1.82, 2.24) is 5.32 Å². The molecule has 2 unspecified atom stereocenters. The second-order valence-corrected chi connectivity index (χ2v) is 6.91. The normalized spacial score (nSPS) is 28.2. The van der Waals surface area contributed by atoms with Crippen LogP contribution in [0.3, 0.4) is 0 Å². The Morgan fingerprint density at radius 2 is 2.16 bits per heavy atom. The highest BCUT2D eigenvalue weighted by Crippen LogP contribution is 2.26. The fourth-order valence-electron chi connectivity index (χ4n) is 2.61. The van der Waals surface area contributed by atoms with Gasteiger partial charge in [-0.25, -0.2) is 8.42 Å². The molecule has 3 rings (SSSR count). The maximum atomic E-state index is 11.3. The second-order valence-electron chi connectivity index (χ2n) is 4.98. The highest BCUT2D eigenvalue weighted by Gasteiger charge is 2.24. The summed E-state index contributed by atoms with van der Waals surface area (Å²) in [7, 11) is -2.99. The van der Waals surface area contributed by atoms with Gasteiger partial charge in [0.1, 0.15) is 0 Å². The van der Waals surface area contributed by atoms with Crippen LogP contribution in [-0.4, -0.2) is 33.4 Å². The van der Waals surface area contributed by atoms with Gasteiger partial charge < -0.3 is 10.1 Å².